The maximum atomic E-state index is 12.8. The Balaban J connectivity index is 1.73. The van der Waals surface area contributed by atoms with Crippen molar-refractivity contribution in [3.8, 4) is 5.75 Å². The van der Waals surface area contributed by atoms with Gasteiger partial charge in [-0.05, 0) is 73.6 Å². The lowest BCUT2D eigenvalue weighted by Crippen LogP contribution is -2.38. The summed E-state index contributed by atoms with van der Waals surface area (Å²) in [4.78, 5) is 15.2. The van der Waals surface area contributed by atoms with Crippen molar-refractivity contribution >= 4 is 31.7 Å². The molecule has 2 aromatic carbocycles. The molecule has 7 nitrogen and oxygen atoms in total. The first-order chi connectivity index (χ1) is 16.8. The summed E-state index contributed by atoms with van der Waals surface area (Å²) >= 11 is 3.29. The SMILES string of the molecule is CCCOc1ccc(C(CNC(=O)c2ccc(S(=O)(=O)c3ccc(Br)cc3)o2)N(CC)CC)cc1. The lowest BCUT2D eigenvalue weighted by atomic mass is 10.0. The number of sulfone groups is 1. The molecule has 1 unspecified atom stereocenters. The molecule has 3 aromatic rings. The number of rotatable bonds is 12. The zero-order valence-electron chi connectivity index (χ0n) is 20.2. The highest BCUT2D eigenvalue weighted by Crippen LogP contribution is 2.25. The number of hydrogen-bond acceptors (Lipinski definition) is 6. The zero-order valence-corrected chi connectivity index (χ0v) is 22.6. The topological polar surface area (TPSA) is 88.8 Å². The fourth-order valence-corrected chi connectivity index (χ4v) is 5.16. The van der Waals surface area contributed by atoms with E-state index < -0.39 is 15.7 Å². The Hall–Kier alpha value is -2.62. The van der Waals surface area contributed by atoms with Crippen molar-refractivity contribution in [2.75, 3.05) is 26.2 Å². The smallest absolute Gasteiger partial charge is 0.287 e. The van der Waals surface area contributed by atoms with E-state index in [1.54, 1.807) is 12.1 Å². The van der Waals surface area contributed by atoms with E-state index in [0.717, 1.165) is 35.3 Å². The molecule has 1 atom stereocenters. The van der Waals surface area contributed by atoms with Gasteiger partial charge in [-0.1, -0.05) is 48.8 Å². The van der Waals surface area contributed by atoms with Crippen LogP contribution in [0.4, 0.5) is 0 Å². The summed E-state index contributed by atoms with van der Waals surface area (Å²) < 4.78 is 37.6. The van der Waals surface area contributed by atoms with Crippen LogP contribution in [0.2, 0.25) is 0 Å². The summed E-state index contributed by atoms with van der Waals surface area (Å²) in [6.07, 6.45) is 0.939. The van der Waals surface area contributed by atoms with E-state index in [0.29, 0.717) is 13.2 Å². The van der Waals surface area contributed by atoms with Gasteiger partial charge in [0.1, 0.15) is 5.75 Å². The van der Waals surface area contributed by atoms with E-state index in [2.05, 4.69) is 46.9 Å². The quantitative estimate of drug-likeness (QED) is 0.314. The van der Waals surface area contributed by atoms with Crippen LogP contribution in [0, 0.1) is 0 Å². The highest BCUT2D eigenvalue weighted by Gasteiger charge is 2.25. The van der Waals surface area contributed by atoms with Crippen molar-refractivity contribution in [1.29, 1.82) is 0 Å². The first kappa shape index (κ1) is 27.0. The Labute approximate surface area is 215 Å². The van der Waals surface area contributed by atoms with Gasteiger partial charge in [0.05, 0.1) is 17.5 Å². The number of ether oxygens (including phenoxy) is 1. The predicted molar refractivity (Wildman–Crippen MR) is 139 cm³/mol. The van der Waals surface area contributed by atoms with E-state index in [9.17, 15) is 13.2 Å². The summed E-state index contributed by atoms with van der Waals surface area (Å²) in [7, 11) is -3.86. The standard InChI is InChI=1S/C26H31BrN2O5S/c1-4-17-33-21-11-7-19(8-12-21)23(29(5-2)6-3)18-28-26(30)24-15-16-25(34-24)35(31,32)22-13-9-20(27)10-14-22/h7-16,23H,4-6,17-18H2,1-3H3,(H,28,30). The molecule has 1 aromatic heterocycles. The molecule has 0 saturated heterocycles. The van der Waals surface area contributed by atoms with Crippen LogP contribution in [0.25, 0.3) is 0 Å². The number of nitrogens with one attached hydrogen (secondary N) is 1. The maximum Gasteiger partial charge on any atom is 0.287 e. The summed E-state index contributed by atoms with van der Waals surface area (Å²) in [5.41, 5.74) is 1.05. The summed E-state index contributed by atoms with van der Waals surface area (Å²) in [5.74, 6) is 0.289. The Kier molecular flexibility index (Phi) is 9.54. The largest absolute Gasteiger partial charge is 0.494 e. The number of carbonyl (C=O) groups is 1. The number of hydrogen-bond donors (Lipinski definition) is 1. The van der Waals surface area contributed by atoms with Gasteiger partial charge in [0.15, 0.2) is 5.76 Å². The highest BCUT2D eigenvalue weighted by molar-refractivity contribution is 9.10. The van der Waals surface area contributed by atoms with Crippen LogP contribution in [0.5, 0.6) is 5.75 Å². The second kappa shape index (κ2) is 12.4. The predicted octanol–water partition coefficient (Wildman–Crippen LogP) is 5.48. The number of halogens is 1. The van der Waals surface area contributed by atoms with Gasteiger partial charge in [0, 0.05) is 11.0 Å². The molecule has 0 bridgehead atoms. The van der Waals surface area contributed by atoms with Gasteiger partial charge in [-0.3, -0.25) is 9.69 Å². The highest BCUT2D eigenvalue weighted by atomic mass is 79.9. The van der Waals surface area contributed by atoms with Gasteiger partial charge in [0.25, 0.3) is 5.91 Å². The molecule has 0 fully saturated rings. The van der Waals surface area contributed by atoms with Crippen molar-refractivity contribution in [1.82, 2.24) is 10.2 Å². The average molecular weight is 564 g/mol. The molecule has 0 aliphatic carbocycles. The number of nitrogens with zero attached hydrogens (tertiary/aromatic N) is 1. The van der Waals surface area contributed by atoms with Crippen LogP contribution in [-0.2, 0) is 9.84 Å². The second-order valence-corrected chi connectivity index (χ2v) is 10.7. The third-order valence-electron chi connectivity index (χ3n) is 5.64. The van der Waals surface area contributed by atoms with Gasteiger partial charge in [-0.2, -0.15) is 0 Å². The normalized spacial score (nSPS) is 12.5. The Morgan fingerprint density at radius 1 is 1.00 bits per heavy atom. The number of carbonyl (C=O) groups excluding carboxylic acids is 1. The van der Waals surface area contributed by atoms with Crippen LogP contribution in [0.3, 0.4) is 0 Å². The molecular weight excluding hydrogens is 532 g/mol. The monoisotopic (exact) mass is 562 g/mol. The van der Waals surface area contributed by atoms with Crippen LogP contribution >= 0.6 is 15.9 Å². The van der Waals surface area contributed by atoms with Crippen LogP contribution in [0.15, 0.2) is 79.5 Å². The molecule has 1 N–H and O–H groups in total. The second-order valence-electron chi connectivity index (χ2n) is 7.94. The minimum Gasteiger partial charge on any atom is -0.494 e. The van der Waals surface area contributed by atoms with Crippen molar-refractivity contribution in [3.63, 3.8) is 0 Å². The Morgan fingerprint density at radius 3 is 2.26 bits per heavy atom. The van der Waals surface area contributed by atoms with Crippen molar-refractivity contribution in [2.24, 2.45) is 0 Å². The Bertz CT molecular complexity index is 1200. The first-order valence-corrected chi connectivity index (χ1v) is 13.9. The molecule has 1 heterocycles. The molecule has 0 aliphatic heterocycles. The lowest BCUT2D eigenvalue weighted by Gasteiger charge is -2.30. The average Bonchev–Trinajstić information content (AvgIpc) is 3.37. The third-order valence-corrected chi connectivity index (χ3v) is 7.81. The van der Waals surface area contributed by atoms with Crippen molar-refractivity contribution in [3.05, 3.63) is 76.5 Å². The van der Waals surface area contributed by atoms with Crippen molar-refractivity contribution < 1.29 is 22.4 Å². The molecule has 9 heteroatoms. The summed E-state index contributed by atoms with van der Waals surface area (Å²) in [6, 6.07) is 16.8. The minimum absolute atomic E-state index is 0.0534. The lowest BCUT2D eigenvalue weighted by molar-refractivity contribution is 0.0902. The fourth-order valence-electron chi connectivity index (χ4n) is 3.72. The molecule has 1 amide bonds. The summed E-state index contributed by atoms with van der Waals surface area (Å²) in [5, 5.41) is 2.63. The zero-order chi connectivity index (χ0) is 25.4. The third kappa shape index (κ3) is 6.74. The first-order valence-electron chi connectivity index (χ1n) is 11.7. The maximum absolute atomic E-state index is 12.8. The van der Waals surface area contributed by atoms with E-state index in [1.807, 2.05) is 24.3 Å². The van der Waals surface area contributed by atoms with Crippen LogP contribution in [-0.4, -0.2) is 45.5 Å². The molecule has 35 heavy (non-hydrogen) atoms. The number of likely N-dealkylation sites (N-methyl/N-ethyl adjacent to an activating group) is 1. The van der Waals surface area contributed by atoms with Gasteiger partial charge in [-0.15, -0.1) is 0 Å². The van der Waals surface area contributed by atoms with E-state index >= 15 is 0 Å². The van der Waals surface area contributed by atoms with Crippen LogP contribution in [0.1, 0.15) is 49.4 Å². The van der Waals surface area contributed by atoms with E-state index in [-0.39, 0.29) is 21.8 Å². The van der Waals surface area contributed by atoms with Gasteiger partial charge < -0.3 is 14.5 Å². The molecule has 0 saturated carbocycles. The molecule has 0 aliphatic rings. The molecule has 0 radical (unpaired) electrons. The molecule has 188 valence electrons. The van der Waals surface area contributed by atoms with Gasteiger partial charge in [0.2, 0.25) is 14.9 Å². The van der Waals surface area contributed by atoms with Gasteiger partial charge >= 0.3 is 0 Å². The molecular formula is C26H31BrN2O5S. The molecule has 0 spiro atoms. The number of benzene rings is 2. The van der Waals surface area contributed by atoms with E-state index in [4.69, 9.17) is 9.15 Å². The van der Waals surface area contributed by atoms with Gasteiger partial charge in [-0.25, -0.2) is 8.42 Å². The number of furan rings is 1. The Morgan fingerprint density at radius 2 is 1.66 bits per heavy atom. The minimum atomic E-state index is -3.86. The molecule has 3 rings (SSSR count). The fraction of sp³-hybridized carbons (Fsp3) is 0.346. The summed E-state index contributed by atoms with van der Waals surface area (Å²) in [6.45, 7) is 8.82. The van der Waals surface area contributed by atoms with E-state index in [1.165, 1.54) is 24.3 Å². The number of amides is 1. The van der Waals surface area contributed by atoms with Crippen molar-refractivity contribution in [2.45, 2.75) is 43.2 Å². The van der Waals surface area contributed by atoms with Crippen LogP contribution < -0.4 is 10.1 Å².